The molecule has 0 bridgehead atoms. The maximum atomic E-state index is 13.5. The number of thioether (sulfide) groups is 1. The van der Waals surface area contributed by atoms with Crippen LogP contribution < -0.4 is 10.7 Å². The van der Waals surface area contributed by atoms with E-state index in [2.05, 4.69) is 51.9 Å². The van der Waals surface area contributed by atoms with E-state index in [0.717, 1.165) is 47.7 Å². The minimum atomic E-state index is -0.310. The second kappa shape index (κ2) is 9.70. The van der Waals surface area contributed by atoms with Crippen LogP contribution >= 0.6 is 11.8 Å². The highest BCUT2D eigenvalue weighted by Crippen LogP contribution is 2.39. The summed E-state index contributed by atoms with van der Waals surface area (Å²) in [6.45, 7) is 4.61. The third kappa shape index (κ3) is 4.64. The van der Waals surface area contributed by atoms with Gasteiger partial charge in [-0.3, -0.25) is 19.9 Å². The van der Waals surface area contributed by atoms with Crippen molar-refractivity contribution >= 4 is 34.4 Å². The monoisotopic (exact) mass is 477 g/mol. The average molecular weight is 478 g/mol. The summed E-state index contributed by atoms with van der Waals surface area (Å²) in [5.74, 6) is 0.382. The number of nitrogens with one attached hydrogen (secondary N) is 2. The van der Waals surface area contributed by atoms with Crippen molar-refractivity contribution in [1.29, 1.82) is 0 Å². The highest BCUT2D eigenvalue weighted by molar-refractivity contribution is 8.14. The second-order valence-corrected chi connectivity index (χ2v) is 10.4. The summed E-state index contributed by atoms with van der Waals surface area (Å²) in [6.07, 6.45) is 3.76. The average Bonchev–Trinajstić information content (AvgIpc) is 3.26. The molecule has 34 heavy (non-hydrogen) atoms. The van der Waals surface area contributed by atoms with Crippen molar-refractivity contribution in [2.45, 2.75) is 58.4 Å². The number of rotatable bonds is 5. The van der Waals surface area contributed by atoms with Crippen LogP contribution in [0.4, 0.5) is 5.69 Å². The van der Waals surface area contributed by atoms with E-state index in [4.69, 9.17) is 0 Å². The first-order valence-electron chi connectivity index (χ1n) is 12.0. The Bertz CT molecular complexity index is 1100. The number of hydrogen-bond acceptors (Lipinski definition) is 6. The van der Waals surface area contributed by atoms with Gasteiger partial charge in [0, 0.05) is 18.3 Å². The Balaban J connectivity index is 1.30. The van der Waals surface area contributed by atoms with E-state index in [-0.39, 0.29) is 35.8 Å². The first-order chi connectivity index (χ1) is 16.5. The molecule has 0 aromatic heterocycles. The van der Waals surface area contributed by atoms with E-state index in [9.17, 15) is 9.59 Å². The van der Waals surface area contributed by atoms with Gasteiger partial charge in [-0.25, -0.2) is 0 Å². The van der Waals surface area contributed by atoms with Crippen LogP contribution in [-0.4, -0.2) is 44.9 Å². The van der Waals surface area contributed by atoms with Crippen molar-refractivity contribution in [2.75, 3.05) is 11.1 Å². The summed E-state index contributed by atoms with van der Waals surface area (Å²) >= 11 is 1.43. The Hall–Kier alpha value is -3.00. The molecule has 2 aromatic rings. The molecule has 178 valence electrons. The molecular formula is C26H31N5O2S. The molecule has 1 saturated heterocycles. The van der Waals surface area contributed by atoms with Crippen LogP contribution in [0, 0.1) is 19.8 Å². The zero-order valence-electron chi connectivity index (χ0n) is 19.7. The molecule has 2 amide bonds. The first-order valence-corrected chi connectivity index (χ1v) is 12.9. The van der Waals surface area contributed by atoms with Gasteiger partial charge < -0.3 is 10.2 Å². The lowest BCUT2D eigenvalue weighted by molar-refractivity contribution is -0.156. The Labute approximate surface area is 205 Å². The summed E-state index contributed by atoms with van der Waals surface area (Å²) in [7, 11) is 0. The molecular weight excluding hydrogens is 446 g/mol. The normalized spacial score (nSPS) is 23.6. The third-order valence-corrected chi connectivity index (χ3v) is 7.82. The molecule has 8 heteroatoms. The largest absolute Gasteiger partial charge is 0.325 e. The minimum absolute atomic E-state index is 0.0257. The standard InChI is InChI=1S/C26H31N5O2S/c1-17-10-12-19(13-11-17)15-30-24(33)21-8-3-4-9-22(21)31-25(30)28-29-26(31)34-16-23(32)27-20-7-5-6-18(2)14-20/h5-7,10-14,21-22,25,28H,3-4,8-9,15-16H2,1-2H3,(H,27,32). The van der Waals surface area contributed by atoms with Crippen molar-refractivity contribution in [2.24, 2.45) is 11.0 Å². The molecule has 1 aliphatic carbocycles. The molecule has 2 heterocycles. The van der Waals surface area contributed by atoms with Gasteiger partial charge in [0.2, 0.25) is 11.8 Å². The Kier molecular flexibility index (Phi) is 6.50. The van der Waals surface area contributed by atoms with Crippen molar-refractivity contribution in [3.8, 4) is 0 Å². The van der Waals surface area contributed by atoms with Gasteiger partial charge in [-0.2, -0.15) is 5.10 Å². The van der Waals surface area contributed by atoms with Crippen molar-refractivity contribution in [1.82, 2.24) is 15.2 Å². The molecule has 2 aromatic carbocycles. The van der Waals surface area contributed by atoms with Crippen LogP contribution in [0.1, 0.15) is 42.4 Å². The number of anilines is 1. The molecule has 3 aliphatic rings. The van der Waals surface area contributed by atoms with Gasteiger partial charge in [0.05, 0.1) is 11.7 Å². The molecule has 5 rings (SSSR count). The van der Waals surface area contributed by atoms with Gasteiger partial charge in [-0.15, -0.1) is 0 Å². The van der Waals surface area contributed by atoms with Gasteiger partial charge in [-0.1, -0.05) is 66.6 Å². The SMILES string of the molecule is Cc1ccc(CN2C(=O)C3CCCCC3N3C(SCC(=O)Nc4cccc(C)c4)=NNC23)cc1. The Morgan fingerprint density at radius 2 is 1.91 bits per heavy atom. The number of amides is 2. The lowest BCUT2D eigenvalue weighted by atomic mass is 9.81. The third-order valence-electron chi connectivity index (χ3n) is 6.85. The van der Waals surface area contributed by atoms with Crippen LogP contribution in [0.3, 0.4) is 0 Å². The van der Waals surface area contributed by atoms with Crippen LogP contribution in [0.5, 0.6) is 0 Å². The number of aryl methyl sites for hydroxylation is 2. The zero-order valence-corrected chi connectivity index (χ0v) is 20.5. The molecule has 0 radical (unpaired) electrons. The van der Waals surface area contributed by atoms with Gasteiger partial charge in [0.15, 0.2) is 11.5 Å². The summed E-state index contributed by atoms with van der Waals surface area (Å²) < 4.78 is 0. The van der Waals surface area contributed by atoms with Gasteiger partial charge in [0.25, 0.3) is 0 Å². The topological polar surface area (TPSA) is 77.0 Å². The predicted octanol–water partition coefficient (Wildman–Crippen LogP) is 4.04. The molecule has 2 aliphatic heterocycles. The molecule has 2 N–H and O–H groups in total. The second-order valence-electron chi connectivity index (χ2n) is 9.42. The molecule has 0 spiro atoms. The zero-order chi connectivity index (χ0) is 23.7. The fourth-order valence-electron chi connectivity index (χ4n) is 5.16. The summed E-state index contributed by atoms with van der Waals surface area (Å²) in [5, 5.41) is 8.35. The maximum Gasteiger partial charge on any atom is 0.234 e. The molecule has 7 nitrogen and oxygen atoms in total. The molecule has 2 fully saturated rings. The van der Waals surface area contributed by atoms with Crippen LogP contribution in [-0.2, 0) is 16.1 Å². The van der Waals surface area contributed by atoms with Crippen molar-refractivity contribution in [3.63, 3.8) is 0 Å². The lowest BCUT2D eigenvalue weighted by Crippen LogP contribution is -2.66. The van der Waals surface area contributed by atoms with E-state index in [0.29, 0.717) is 6.54 Å². The van der Waals surface area contributed by atoms with E-state index < -0.39 is 0 Å². The molecule has 1 saturated carbocycles. The summed E-state index contributed by atoms with van der Waals surface area (Å²) in [5.41, 5.74) is 7.41. The van der Waals surface area contributed by atoms with Crippen LogP contribution in [0.25, 0.3) is 0 Å². The fourth-order valence-corrected chi connectivity index (χ4v) is 5.99. The van der Waals surface area contributed by atoms with Gasteiger partial charge in [0.1, 0.15) is 0 Å². The van der Waals surface area contributed by atoms with E-state index in [1.165, 1.54) is 17.3 Å². The highest BCUT2D eigenvalue weighted by atomic mass is 32.2. The van der Waals surface area contributed by atoms with E-state index in [1.807, 2.05) is 36.1 Å². The Morgan fingerprint density at radius 3 is 2.71 bits per heavy atom. The van der Waals surface area contributed by atoms with Crippen molar-refractivity contribution in [3.05, 3.63) is 65.2 Å². The number of hydrazone groups is 1. The number of fused-ring (bicyclic) bond motifs is 3. The van der Waals surface area contributed by atoms with Crippen LogP contribution in [0.2, 0.25) is 0 Å². The quantitative estimate of drug-likeness (QED) is 0.680. The number of benzene rings is 2. The van der Waals surface area contributed by atoms with Gasteiger partial charge in [-0.05, 0) is 49.9 Å². The molecule has 3 atom stereocenters. The minimum Gasteiger partial charge on any atom is -0.325 e. The summed E-state index contributed by atoms with van der Waals surface area (Å²) in [6, 6.07) is 16.2. The number of hydrogen-bond donors (Lipinski definition) is 2. The van der Waals surface area contributed by atoms with Crippen LogP contribution in [0.15, 0.2) is 53.6 Å². The number of amidine groups is 1. The van der Waals surface area contributed by atoms with E-state index >= 15 is 0 Å². The lowest BCUT2D eigenvalue weighted by Gasteiger charge is -2.50. The Morgan fingerprint density at radius 1 is 1.12 bits per heavy atom. The number of carbonyl (C=O) groups is 2. The number of carbonyl (C=O) groups excluding carboxylic acids is 2. The number of nitrogens with zero attached hydrogens (tertiary/aromatic N) is 3. The smallest absolute Gasteiger partial charge is 0.234 e. The van der Waals surface area contributed by atoms with Gasteiger partial charge >= 0.3 is 0 Å². The predicted molar refractivity (Wildman–Crippen MR) is 136 cm³/mol. The first kappa shape index (κ1) is 22.8. The van der Waals surface area contributed by atoms with Crippen molar-refractivity contribution < 1.29 is 9.59 Å². The highest BCUT2D eigenvalue weighted by Gasteiger charge is 2.50. The summed E-state index contributed by atoms with van der Waals surface area (Å²) in [4.78, 5) is 30.3. The molecule has 3 unspecified atom stereocenters. The maximum absolute atomic E-state index is 13.5. The fraction of sp³-hybridized carbons (Fsp3) is 0.423. The van der Waals surface area contributed by atoms with E-state index in [1.54, 1.807) is 0 Å².